The largest absolute Gasteiger partial charge is 0.465 e. The molecule has 1 aromatic carbocycles. The summed E-state index contributed by atoms with van der Waals surface area (Å²) in [6, 6.07) is 5.39. The highest BCUT2D eigenvalue weighted by Crippen LogP contribution is 2.35. The first-order valence-corrected chi connectivity index (χ1v) is 9.92. The molecule has 0 unspecified atom stereocenters. The Kier molecular flexibility index (Phi) is 4.89. The van der Waals surface area contributed by atoms with E-state index in [-0.39, 0.29) is 23.9 Å². The van der Waals surface area contributed by atoms with Crippen molar-refractivity contribution in [1.29, 1.82) is 0 Å². The van der Waals surface area contributed by atoms with E-state index in [0.29, 0.717) is 24.1 Å². The standard InChI is InChI=1S/C21H26N2O4/c1-27-21(26)14-9-10-15-13-23(20(25)16(15)12-14)18-7-3-2-6-17(18)22-11-5-4-8-19(22)24/h9-10,12,17-18H,2-8,11,13H2,1H3/t17-,18-/m1/s1. The molecule has 2 heterocycles. The van der Waals surface area contributed by atoms with E-state index in [1.54, 1.807) is 12.1 Å². The predicted octanol–water partition coefficient (Wildman–Crippen LogP) is 2.75. The highest BCUT2D eigenvalue weighted by Gasteiger charge is 2.41. The molecule has 2 fully saturated rings. The van der Waals surface area contributed by atoms with E-state index < -0.39 is 5.97 Å². The molecule has 1 aromatic rings. The molecule has 0 bridgehead atoms. The van der Waals surface area contributed by atoms with Crippen LogP contribution in [0.5, 0.6) is 0 Å². The summed E-state index contributed by atoms with van der Waals surface area (Å²) in [4.78, 5) is 41.4. The van der Waals surface area contributed by atoms with E-state index in [9.17, 15) is 14.4 Å². The van der Waals surface area contributed by atoms with Gasteiger partial charge in [0.15, 0.2) is 0 Å². The quantitative estimate of drug-likeness (QED) is 0.768. The van der Waals surface area contributed by atoms with Crippen LogP contribution in [0.3, 0.4) is 0 Å². The summed E-state index contributed by atoms with van der Waals surface area (Å²) in [6.07, 6.45) is 6.72. The number of hydrogen-bond acceptors (Lipinski definition) is 4. The second-order valence-corrected chi connectivity index (χ2v) is 7.76. The molecule has 144 valence electrons. The first kappa shape index (κ1) is 18.0. The first-order chi connectivity index (χ1) is 13.1. The highest BCUT2D eigenvalue weighted by molar-refractivity contribution is 6.01. The first-order valence-electron chi connectivity index (χ1n) is 9.92. The maximum absolute atomic E-state index is 13.1. The Balaban J connectivity index is 1.59. The molecular formula is C21H26N2O4. The monoisotopic (exact) mass is 370 g/mol. The summed E-state index contributed by atoms with van der Waals surface area (Å²) < 4.78 is 4.77. The molecule has 27 heavy (non-hydrogen) atoms. The average Bonchev–Trinajstić information content (AvgIpc) is 3.03. The minimum atomic E-state index is -0.432. The van der Waals surface area contributed by atoms with Crippen LogP contribution in [0.25, 0.3) is 0 Å². The van der Waals surface area contributed by atoms with Crippen LogP contribution < -0.4 is 0 Å². The van der Waals surface area contributed by atoms with E-state index in [4.69, 9.17) is 4.74 Å². The minimum absolute atomic E-state index is 0.0305. The second-order valence-electron chi connectivity index (χ2n) is 7.76. The normalized spacial score (nSPS) is 25.5. The van der Waals surface area contributed by atoms with E-state index >= 15 is 0 Å². The molecule has 0 aromatic heterocycles. The number of fused-ring (bicyclic) bond motifs is 1. The van der Waals surface area contributed by atoms with Crippen molar-refractivity contribution in [1.82, 2.24) is 9.80 Å². The lowest BCUT2D eigenvalue weighted by Crippen LogP contribution is -2.56. The van der Waals surface area contributed by atoms with Gasteiger partial charge in [-0.3, -0.25) is 9.59 Å². The van der Waals surface area contributed by atoms with Crippen molar-refractivity contribution < 1.29 is 19.1 Å². The van der Waals surface area contributed by atoms with Crippen molar-refractivity contribution in [2.24, 2.45) is 0 Å². The Morgan fingerprint density at radius 1 is 1.04 bits per heavy atom. The number of carbonyl (C=O) groups is 3. The van der Waals surface area contributed by atoms with Gasteiger partial charge in [0.25, 0.3) is 5.91 Å². The molecular weight excluding hydrogens is 344 g/mol. The van der Waals surface area contributed by atoms with E-state index in [1.807, 2.05) is 15.9 Å². The van der Waals surface area contributed by atoms with Crippen LogP contribution in [0.2, 0.25) is 0 Å². The van der Waals surface area contributed by atoms with Crippen LogP contribution >= 0.6 is 0 Å². The number of piperidine rings is 1. The van der Waals surface area contributed by atoms with Gasteiger partial charge in [0.05, 0.1) is 24.8 Å². The Labute approximate surface area is 159 Å². The Hall–Kier alpha value is -2.37. The van der Waals surface area contributed by atoms with Crippen molar-refractivity contribution >= 4 is 17.8 Å². The lowest BCUT2D eigenvalue weighted by atomic mass is 9.87. The number of carbonyl (C=O) groups excluding carboxylic acids is 3. The highest BCUT2D eigenvalue weighted by atomic mass is 16.5. The fourth-order valence-corrected chi connectivity index (χ4v) is 4.83. The number of benzene rings is 1. The number of rotatable bonds is 3. The molecule has 2 aliphatic heterocycles. The van der Waals surface area contributed by atoms with E-state index in [2.05, 4.69) is 0 Å². The van der Waals surface area contributed by atoms with Crippen LogP contribution in [0.4, 0.5) is 0 Å². The van der Waals surface area contributed by atoms with E-state index in [0.717, 1.165) is 50.6 Å². The number of esters is 1. The summed E-state index contributed by atoms with van der Waals surface area (Å²) in [5.41, 5.74) is 1.94. The molecule has 6 heteroatoms. The van der Waals surface area contributed by atoms with Crippen molar-refractivity contribution in [3.05, 3.63) is 34.9 Å². The van der Waals surface area contributed by atoms with Gasteiger partial charge in [-0.15, -0.1) is 0 Å². The van der Waals surface area contributed by atoms with Crippen LogP contribution in [0.1, 0.15) is 71.2 Å². The van der Waals surface area contributed by atoms with Gasteiger partial charge in [-0.25, -0.2) is 4.79 Å². The smallest absolute Gasteiger partial charge is 0.337 e. The zero-order valence-electron chi connectivity index (χ0n) is 15.8. The fraction of sp³-hybridized carbons (Fsp3) is 0.571. The number of hydrogen-bond donors (Lipinski definition) is 0. The molecule has 3 aliphatic rings. The molecule has 4 rings (SSSR count). The second kappa shape index (κ2) is 7.33. The van der Waals surface area contributed by atoms with Gasteiger partial charge in [0.2, 0.25) is 5.91 Å². The maximum Gasteiger partial charge on any atom is 0.337 e. The molecule has 0 N–H and O–H groups in total. The summed E-state index contributed by atoms with van der Waals surface area (Å²) in [5, 5.41) is 0. The minimum Gasteiger partial charge on any atom is -0.465 e. The van der Waals surface area contributed by atoms with Crippen molar-refractivity contribution in [3.63, 3.8) is 0 Å². The molecule has 2 atom stereocenters. The molecule has 1 saturated carbocycles. The average molecular weight is 370 g/mol. The van der Waals surface area contributed by atoms with Crippen molar-refractivity contribution in [3.8, 4) is 0 Å². The van der Waals surface area contributed by atoms with Crippen molar-refractivity contribution in [2.45, 2.75) is 63.6 Å². The molecule has 0 radical (unpaired) electrons. The number of likely N-dealkylation sites (tertiary alicyclic amines) is 1. The lowest BCUT2D eigenvalue weighted by molar-refractivity contribution is -0.138. The zero-order valence-corrected chi connectivity index (χ0v) is 15.8. The Bertz CT molecular complexity index is 775. The van der Waals surface area contributed by atoms with Crippen LogP contribution in [0, 0.1) is 0 Å². The number of ether oxygens (including phenoxy) is 1. The number of methoxy groups -OCH3 is 1. The third kappa shape index (κ3) is 3.22. The van der Waals surface area contributed by atoms with E-state index in [1.165, 1.54) is 7.11 Å². The van der Waals surface area contributed by atoms with Gasteiger partial charge in [-0.05, 0) is 43.4 Å². The van der Waals surface area contributed by atoms with Crippen molar-refractivity contribution in [2.75, 3.05) is 13.7 Å². The fourth-order valence-electron chi connectivity index (χ4n) is 4.83. The van der Waals surface area contributed by atoms with Gasteiger partial charge in [-0.1, -0.05) is 18.9 Å². The lowest BCUT2D eigenvalue weighted by Gasteiger charge is -2.45. The third-order valence-electron chi connectivity index (χ3n) is 6.22. The summed E-state index contributed by atoms with van der Waals surface area (Å²) in [7, 11) is 1.34. The van der Waals surface area contributed by atoms with Gasteiger partial charge < -0.3 is 14.5 Å². The van der Waals surface area contributed by atoms with Gasteiger partial charge in [-0.2, -0.15) is 0 Å². The van der Waals surface area contributed by atoms with Gasteiger partial charge in [0.1, 0.15) is 0 Å². The van der Waals surface area contributed by atoms with Gasteiger partial charge in [0, 0.05) is 25.1 Å². The molecule has 6 nitrogen and oxygen atoms in total. The summed E-state index contributed by atoms with van der Waals surface area (Å²) in [5.74, 6) is -0.231. The summed E-state index contributed by atoms with van der Waals surface area (Å²) >= 11 is 0. The van der Waals surface area contributed by atoms with Crippen LogP contribution in [-0.4, -0.2) is 53.3 Å². The van der Waals surface area contributed by atoms with Gasteiger partial charge >= 0.3 is 5.97 Å². The Morgan fingerprint density at radius 3 is 2.48 bits per heavy atom. The maximum atomic E-state index is 13.1. The van der Waals surface area contributed by atoms with Crippen LogP contribution in [-0.2, 0) is 16.1 Å². The molecule has 1 aliphatic carbocycles. The molecule has 2 amide bonds. The predicted molar refractivity (Wildman–Crippen MR) is 99.3 cm³/mol. The zero-order chi connectivity index (χ0) is 19.0. The molecule has 1 saturated heterocycles. The third-order valence-corrected chi connectivity index (χ3v) is 6.22. The number of amides is 2. The van der Waals surface area contributed by atoms with Crippen LogP contribution in [0.15, 0.2) is 18.2 Å². The Morgan fingerprint density at radius 2 is 1.78 bits per heavy atom. The molecule has 0 spiro atoms. The SMILES string of the molecule is COC(=O)c1ccc2c(c1)C(=O)N([C@@H]1CCCC[C@H]1N1CCCCC1=O)C2. The number of nitrogens with zero attached hydrogens (tertiary/aromatic N) is 2. The topological polar surface area (TPSA) is 66.9 Å². The summed E-state index contributed by atoms with van der Waals surface area (Å²) in [6.45, 7) is 1.36.